The van der Waals surface area contributed by atoms with Crippen molar-refractivity contribution in [1.29, 1.82) is 0 Å². The second-order valence-electron chi connectivity index (χ2n) is 6.84. The van der Waals surface area contributed by atoms with Gasteiger partial charge in [0.05, 0.1) is 17.2 Å². The molecule has 0 saturated carbocycles. The highest BCUT2D eigenvalue weighted by Gasteiger charge is 2.30. The molecule has 1 N–H and O–H groups in total. The number of thioether (sulfide) groups is 1. The smallest absolute Gasteiger partial charge is 0.266 e. The van der Waals surface area contributed by atoms with Gasteiger partial charge >= 0.3 is 0 Å². The van der Waals surface area contributed by atoms with E-state index in [0.717, 1.165) is 17.7 Å². The lowest BCUT2D eigenvalue weighted by molar-refractivity contribution is -0.121. The van der Waals surface area contributed by atoms with Gasteiger partial charge in [-0.05, 0) is 73.0 Å². The monoisotopic (exact) mass is 422 g/mol. The second-order valence-corrected chi connectivity index (χ2v) is 7.85. The van der Waals surface area contributed by atoms with Gasteiger partial charge in [-0.25, -0.2) is 4.99 Å². The average molecular weight is 423 g/mol. The molecule has 0 atom stereocenters. The van der Waals surface area contributed by atoms with Crippen LogP contribution in [-0.2, 0) is 17.6 Å². The predicted octanol–water partition coefficient (Wildman–Crippen LogP) is 5.32. The van der Waals surface area contributed by atoms with Crippen LogP contribution in [0.25, 0.3) is 6.08 Å². The zero-order valence-electron chi connectivity index (χ0n) is 17.5. The van der Waals surface area contributed by atoms with Crippen molar-refractivity contribution in [3.05, 3.63) is 70.6 Å². The standard InChI is InChI=1S/C24H26N2O3S/c1-5-8-18-13-17(14-20(22(18)27)29-7-3)15-21-23(28)26(4)24(30-21)25-19-11-9-16(6-2)10-12-19/h5,9-15,27H,1,6-8H2,2-4H3/b21-15+,25-24?. The molecule has 0 spiro atoms. The molecule has 30 heavy (non-hydrogen) atoms. The third kappa shape index (κ3) is 4.76. The number of carbonyl (C=O) groups excluding carboxylic acids is 1. The number of aryl methyl sites for hydroxylation is 1. The summed E-state index contributed by atoms with van der Waals surface area (Å²) >= 11 is 1.33. The predicted molar refractivity (Wildman–Crippen MR) is 124 cm³/mol. The third-order valence-electron chi connectivity index (χ3n) is 4.71. The first-order valence-corrected chi connectivity index (χ1v) is 10.7. The lowest BCUT2D eigenvalue weighted by atomic mass is 10.1. The Morgan fingerprint density at radius 3 is 2.60 bits per heavy atom. The largest absolute Gasteiger partial charge is 0.504 e. The molecule has 1 saturated heterocycles. The molecule has 1 aliphatic heterocycles. The van der Waals surface area contributed by atoms with Crippen molar-refractivity contribution in [3.63, 3.8) is 0 Å². The van der Waals surface area contributed by atoms with Crippen molar-refractivity contribution in [2.24, 2.45) is 4.99 Å². The number of aromatic hydroxyl groups is 1. The quantitative estimate of drug-likeness (QED) is 0.485. The van der Waals surface area contributed by atoms with Crippen LogP contribution in [0.3, 0.4) is 0 Å². The summed E-state index contributed by atoms with van der Waals surface area (Å²) in [5.41, 5.74) is 3.55. The Labute approximate surface area is 181 Å². The van der Waals surface area contributed by atoms with Gasteiger partial charge in [-0.3, -0.25) is 9.69 Å². The summed E-state index contributed by atoms with van der Waals surface area (Å²) in [6, 6.07) is 11.6. The van der Waals surface area contributed by atoms with Crippen LogP contribution in [0.2, 0.25) is 0 Å². The van der Waals surface area contributed by atoms with Crippen LogP contribution in [0, 0.1) is 0 Å². The van der Waals surface area contributed by atoms with Gasteiger partial charge in [0.2, 0.25) is 0 Å². The molecule has 1 heterocycles. The van der Waals surface area contributed by atoms with Gasteiger partial charge in [-0.1, -0.05) is 25.1 Å². The molecule has 0 aliphatic carbocycles. The maximum absolute atomic E-state index is 12.8. The number of amides is 1. The van der Waals surface area contributed by atoms with Gasteiger partial charge in [-0.2, -0.15) is 0 Å². The van der Waals surface area contributed by atoms with Crippen molar-refractivity contribution in [3.8, 4) is 11.5 Å². The topological polar surface area (TPSA) is 62.1 Å². The molecule has 2 aromatic carbocycles. The van der Waals surface area contributed by atoms with Crippen LogP contribution >= 0.6 is 11.8 Å². The number of phenolic OH excluding ortho intramolecular Hbond substituents is 1. The van der Waals surface area contributed by atoms with E-state index >= 15 is 0 Å². The number of phenols is 1. The lowest BCUT2D eigenvalue weighted by Gasteiger charge is -2.11. The van der Waals surface area contributed by atoms with E-state index in [1.165, 1.54) is 17.3 Å². The number of amidine groups is 1. The van der Waals surface area contributed by atoms with E-state index in [-0.39, 0.29) is 11.7 Å². The van der Waals surface area contributed by atoms with E-state index in [4.69, 9.17) is 4.74 Å². The lowest BCUT2D eigenvalue weighted by Crippen LogP contribution is -2.23. The third-order valence-corrected chi connectivity index (χ3v) is 5.77. The SMILES string of the molecule is C=CCc1cc(/C=C2/SC(=Nc3ccc(CC)cc3)N(C)C2=O)cc(OCC)c1O. The zero-order valence-corrected chi connectivity index (χ0v) is 18.3. The van der Waals surface area contributed by atoms with Gasteiger partial charge in [0.25, 0.3) is 5.91 Å². The number of benzene rings is 2. The van der Waals surface area contributed by atoms with Crippen molar-refractivity contribution in [1.82, 2.24) is 4.90 Å². The maximum Gasteiger partial charge on any atom is 0.266 e. The van der Waals surface area contributed by atoms with Gasteiger partial charge in [0.1, 0.15) is 0 Å². The van der Waals surface area contributed by atoms with Gasteiger partial charge in [0.15, 0.2) is 16.7 Å². The number of hydrogen-bond donors (Lipinski definition) is 1. The molecule has 0 bridgehead atoms. The first kappa shape index (κ1) is 21.7. The number of allylic oxidation sites excluding steroid dienone is 1. The van der Waals surface area contributed by atoms with Crippen LogP contribution in [0.4, 0.5) is 5.69 Å². The summed E-state index contributed by atoms with van der Waals surface area (Å²) in [6.07, 6.45) is 5.01. The van der Waals surface area contributed by atoms with E-state index < -0.39 is 0 Å². The molecule has 1 amide bonds. The van der Waals surface area contributed by atoms with Crippen LogP contribution in [-0.4, -0.2) is 34.7 Å². The van der Waals surface area contributed by atoms with Crippen molar-refractivity contribution in [2.45, 2.75) is 26.7 Å². The molecule has 5 nitrogen and oxygen atoms in total. The Kier molecular flexibility index (Phi) is 7.00. The number of carbonyl (C=O) groups is 1. The number of hydrogen-bond acceptors (Lipinski definition) is 5. The van der Waals surface area contributed by atoms with Crippen molar-refractivity contribution >= 4 is 34.6 Å². The Morgan fingerprint density at radius 2 is 1.97 bits per heavy atom. The summed E-state index contributed by atoms with van der Waals surface area (Å²) in [5.74, 6) is 0.400. The molecule has 0 radical (unpaired) electrons. The fourth-order valence-corrected chi connectivity index (χ4v) is 4.06. The minimum atomic E-state index is -0.111. The highest BCUT2D eigenvalue weighted by atomic mass is 32.2. The molecule has 1 fully saturated rings. The van der Waals surface area contributed by atoms with Crippen molar-refractivity contribution < 1.29 is 14.6 Å². The first-order chi connectivity index (χ1) is 14.5. The Hall–Kier alpha value is -2.99. The molecule has 1 aliphatic rings. The first-order valence-electron chi connectivity index (χ1n) is 9.91. The number of likely N-dealkylation sites (N-methyl/N-ethyl adjacent to an activating group) is 1. The number of nitrogens with zero attached hydrogens (tertiary/aromatic N) is 2. The molecular formula is C24H26N2O3S. The van der Waals surface area contributed by atoms with Crippen LogP contribution in [0.15, 0.2) is 59.0 Å². The summed E-state index contributed by atoms with van der Waals surface area (Å²) in [7, 11) is 1.72. The minimum Gasteiger partial charge on any atom is -0.504 e. The normalized spacial score (nSPS) is 16.5. The second kappa shape index (κ2) is 9.67. The number of aliphatic imine (C=N–C) groups is 1. The summed E-state index contributed by atoms with van der Waals surface area (Å²) in [5, 5.41) is 11.0. The van der Waals surface area contributed by atoms with Gasteiger partial charge < -0.3 is 9.84 Å². The molecule has 0 aromatic heterocycles. The van der Waals surface area contributed by atoms with Crippen molar-refractivity contribution in [2.75, 3.05) is 13.7 Å². The molecular weight excluding hydrogens is 396 g/mol. The molecule has 156 valence electrons. The number of rotatable bonds is 7. The molecule has 0 unspecified atom stereocenters. The summed E-state index contributed by atoms with van der Waals surface area (Å²) in [4.78, 5) is 19.5. The van der Waals surface area contributed by atoms with Crippen LogP contribution in [0.5, 0.6) is 11.5 Å². The van der Waals surface area contributed by atoms with E-state index in [1.807, 2.05) is 37.3 Å². The van der Waals surface area contributed by atoms with E-state index in [0.29, 0.717) is 34.4 Å². The highest BCUT2D eigenvalue weighted by Crippen LogP contribution is 2.36. The van der Waals surface area contributed by atoms with Crippen LogP contribution in [0.1, 0.15) is 30.5 Å². The molecule has 6 heteroatoms. The number of ether oxygens (including phenoxy) is 1. The fraction of sp³-hybridized carbons (Fsp3) is 0.250. The highest BCUT2D eigenvalue weighted by molar-refractivity contribution is 8.18. The Morgan fingerprint density at radius 1 is 1.23 bits per heavy atom. The van der Waals surface area contributed by atoms with E-state index in [2.05, 4.69) is 18.5 Å². The molecule has 3 rings (SSSR count). The summed E-state index contributed by atoms with van der Waals surface area (Å²) < 4.78 is 5.56. The summed E-state index contributed by atoms with van der Waals surface area (Å²) in [6.45, 7) is 8.15. The van der Waals surface area contributed by atoms with E-state index in [1.54, 1.807) is 30.2 Å². The van der Waals surface area contributed by atoms with E-state index in [9.17, 15) is 9.90 Å². The average Bonchev–Trinajstić information content (AvgIpc) is 3.00. The molecule has 2 aromatic rings. The Bertz CT molecular complexity index is 1010. The minimum absolute atomic E-state index is 0.110. The van der Waals surface area contributed by atoms with Gasteiger partial charge in [0, 0.05) is 12.6 Å². The zero-order chi connectivity index (χ0) is 21.7. The Balaban J connectivity index is 1.92. The van der Waals surface area contributed by atoms with Crippen LogP contribution < -0.4 is 4.74 Å². The van der Waals surface area contributed by atoms with Gasteiger partial charge in [-0.15, -0.1) is 6.58 Å². The fourth-order valence-electron chi connectivity index (χ4n) is 3.07. The maximum atomic E-state index is 12.8.